The maximum absolute atomic E-state index is 13.4. The number of thioether (sulfide) groups is 1. The molecule has 6 nitrogen and oxygen atoms in total. The fourth-order valence-corrected chi connectivity index (χ4v) is 6.52. The number of hydrogen-bond acceptors (Lipinski definition) is 6. The van der Waals surface area contributed by atoms with Gasteiger partial charge in [-0.05, 0) is 47.7 Å². The van der Waals surface area contributed by atoms with Gasteiger partial charge in [-0.1, -0.05) is 91.3 Å². The Morgan fingerprint density at radius 1 is 1.02 bits per heavy atom. The van der Waals surface area contributed by atoms with E-state index < -0.39 is 5.92 Å². The number of hydrogen-bond donors (Lipinski definition) is 2. The molecule has 1 aliphatic heterocycles. The van der Waals surface area contributed by atoms with Gasteiger partial charge in [0.15, 0.2) is 11.6 Å². The standard InChI is InChI=1S/C33H27Cl2N3O3S/c1-33(2)15-26-30(27(39)16-33)29(19-8-10-21(34)11-9-19)24(17-36)32(38-26)42-18-28(40)37-25-13-12-22(35)14-23(25)31(41)20-6-4-3-5-7-20/h3-14,29,38H,15-16,18H2,1-2H3,(H,37,40)/t29-/m1/s1. The number of halogens is 2. The first-order valence-electron chi connectivity index (χ1n) is 13.3. The van der Waals surface area contributed by atoms with Crippen LogP contribution in [-0.2, 0) is 9.59 Å². The minimum atomic E-state index is -0.566. The molecule has 9 heteroatoms. The van der Waals surface area contributed by atoms with Gasteiger partial charge in [0.05, 0.1) is 34.0 Å². The topological polar surface area (TPSA) is 99.1 Å². The highest BCUT2D eigenvalue weighted by Gasteiger charge is 2.42. The minimum absolute atomic E-state index is 0.00148. The van der Waals surface area contributed by atoms with E-state index in [4.69, 9.17) is 23.2 Å². The van der Waals surface area contributed by atoms with Crippen LogP contribution in [0.4, 0.5) is 5.69 Å². The number of anilines is 1. The maximum Gasteiger partial charge on any atom is 0.234 e. The van der Waals surface area contributed by atoms with E-state index in [1.165, 1.54) is 17.8 Å². The van der Waals surface area contributed by atoms with Crippen molar-refractivity contribution in [3.05, 3.63) is 121 Å². The number of nitrogens with one attached hydrogen (secondary N) is 2. The van der Waals surface area contributed by atoms with Gasteiger partial charge in [-0.15, -0.1) is 0 Å². The second-order valence-corrected chi connectivity index (χ2v) is 12.9. The molecule has 0 bridgehead atoms. The number of nitrogens with zero attached hydrogens (tertiary/aromatic N) is 1. The summed E-state index contributed by atoms with van der Waals surface area (Å²) in [6, 6.07) is 22.9. The Labute approximate surface area is 258 Å². The highest BCUT2D eigenvalue weighted by atomic mass is 35.5. The molecule has 2 N–H and O–H groups in total. The molecule has 212 valence electrons. The van der Waals surface area contributed by atoms with E-state index in [1.807, 2.05) is 32.0 Å². The molecule has 0 fully saturated rings. The number of carbonyl (C=O) groups is 3. The average Bonchev–Trinajstić information content (AvgIpc) is 2.96. The Bertz CT molecular complexity index is 1690. The van der Waals surface area contributed by atoms with E-state index >= 15 is 0 Å². The predicted octanol–water partition coefficient (Wildman–Crippen LogP) is 7.66. The molecule has 0 saturated heterocycles. The SMILES string of the molecule is CC1(C)CC(=O)C2=C(C1)NC(SCC(=O)Nc1ccc(Cl)cc1C(=O)c1ccccc1)=C(C#N)[C@H]2c1ccc(Cl)cc1. The Morgan fingerprint density at radius 2 is 1.71 bits per heavy atom. The van der Waals surface area contributed by atoms with Crippen LogP contribution < -0.4 is 10.6 Å². The summed E-state index contributed by atoms with van der Waals surface area (Å²) >= 11 is 13.5. The second kappa shape index (κ2) is 12.2. The quantitative estimate of drug-likeness (QED) is 0.265. The van der Waals surface area contributed by atoms with Gasteiger partial charge in [-0.2, -0.15) is 5.26 Å². The second-order valence-electron chi connectivity index (χ2n) is 11.0. The van der Waals surface area contributed by atoms with E-state index in [1.54, 1.807) is 48.5 Å². The number of allylic oxidation sites excluding steroid dienone is 3. The molecule has 1 aliphatic carbocycles. The molecule has 3 aromatic rings. The summed E-state index contributed by atoms with van der Waals surface area (Å²) in [5.41, 5.74) is 3.36. The van der Waals surface area contributed by atoms with Crippen molar-refractivity contribution in [3.63, 3.8) is 0 Å². The smallest absolute Gasteiger partial charge is 0.234 e. The number of Topliss-reactive ketones (excluding diaryl/α,β-unsaturated/α-hetero) is 1. The van der Waals surface area contributed by atoms with Crippen molar-refractivity contribution in [2.75, 3.05) is 11.1 Å². The normalized spacial score (nSPS) is 17.7. The highest BCUT2D eigenvalue weighted by Crippen LogP contribution is 2.48. The molecule has 3 aromatic carbocycles. The monoisotopic (exact) mass is 615 g/mol. The molecule has 42 heavy (non-hydrogen) atoms. The molecule has 0 spiro atoms. The summed E-state index contributed by atoms with van der Waals surface area (Å²) in [5, 5.41) is 17.9. The molecule has 1 amide bonds. The van der Waals surface area contributed by atoms with Crippen LogP contribution in [-0.4, -0.2) is 23.2 Å². The van der Waals surface area contributed by atoms with E-state index in [0.717, 1.165) is 11.3 Å². The van der Waals surface area contributed by atoms with Crippen LogP contribution in [0.2, 0.25) is 10.0 Å². The van der Waals surface area contributed by atoms with E-state index in [0.29, 0.717) is 50.3 Å². The average molecular weight is 617 g/mol. The van der Waals surface area contributed by atoms with Crippen LogP contribution in [0.5, 0.6) is 0 Å². The molecule has 0 saturated carbocycles. The molecule has 0 radical (unpaired) electrons. The van der Waals surface area contributed by atoms with Crippen LogP contribution in [0.3, 0.4) is 0 Å². The van der Waals surface area contributed by atoms with Gasteiger partial charge < -0.3 is 10.6 Å². The number of amides is 1. The summed E-state index contributed by atoms with van der Waals surface area (Å²) in [5.74, 6) is -1.23. The zero-order valence-corrected chi connectivity index (χ0v) is 25.3. The zero-order valence-electron chi connectivity index (χ0n) is 23.0. The lowest BCUT2D eigenvalue weighted by molar-refractivity contribution is -0.118. The Morgan fingerprint density at radius 3 is 2.40 bits per heavy atom. The highest BCUT2D eigenvalue weighted by molar-refractivity contribution is 8.03. The largest absolute Gasteiger partial charge is 0.352 e. The van der Waals surface area contributed by atoms with Gasteiger partial charge in [0, 0.05) is 38.9 Å². The van der Waals surface area contributed by atoms with Crippen molar-refractivity contribution in [2.45, 2.75) is 32.6 Å². The molecule has 2 aliphatic rings. The number of nitriles is 1. The molecular formula is C33H27Cl2N3O3S. The molecule has 5 rings (SSSR count). The predicted molar refractivity (Wildman–Crippen MR) is 167 cm³/mol. The van der Waals surface area contributed by atoms with Gasteiger partial charge in [0.25, 0.3) is 0 Å². The molecule has 0 aromatic heterocycles. The van der Waals surface area contributed by atoms with Crippen molar-refractivity contribution in [1.82, 2.24) is 5.32 Å². The minimum Gasteiger partial charge on any atom is -0.352 e. The zero-order chi connectivity index (χ0) is 30.0. The first-order chi connectivity index (χ1) is 20.1. The third-order valence-corrected chi connectivity index (χ3v) is 8.72. The fourth-order valence-electron chi connectivity index (χ4n) is 5.36. The Balaban J connectivity index is 1.41. The van der Waals surface area contributed by atoms with Gasteiger partial charge >= 0.3 is 0 Å². The summed E-state index contributed by atoms with van der Waals surface area (Å²) in [4.78, 5) is 39.7. The third kappa shape index (κ3) is 6.32. The summed E-state index contributed by atoms with van der Waals surface area (Å²) in [7, 11) is 0. The van der Waals surface area contributed by atoms with Crippen molar-refractivity contribution >= 4 is 58.1 Å². The molecule has 0 unspecified atom stereocenters. The van der Waals surface area contributed by atoms with Crippen molar-refractivity contribution in [2.24, 2.45) is 5.41 Å². The first-order valence-corrected chi connectivity index (χ1v) is 15.1. The van der Waals surface area contributed by atoms with E-state index in [-0.39, 0.29) is 34.2 Å². The number of benzene rings is 3. The lowest BCUT2D eigenvalue weighted by atomic mass is 9.69. The van der Waals surface area contributed by atoms with Crippen LogP contribution >= 0.6 is 35.0 Å². The lowest BCUT2D eigenvalue weighted by Crippen LogP contribution is -2.37. The number of dihydropyridines is 1. The number of carbonyl (C=O) groups excluding carboxylic acids is 3. The number of ketones is 2. The van der Waals surface area contributed by atoms with Crippen molar-refractivity contribution in [1.29, 1.82) is 5.26 Å². The van der Waals surface area contributed by atoms with E-state index in [9.17, 15) is 19.6 Å². The fraction of sp³-hybridized carbons (Fsp3) is 0.212. The van der Waals surface area contributed by atoms with Crippen LogP contribution in [0.1, 0.15) is 54.1 Å². The molecular weight excluding hydrogens is 589 g/mol. The first kappa shape index (κ1) is 29.7. The summed E-state index contributed by atoms with van der Waals surface area (Å²) in [6.45, 7) is 4.08. The Hall–Kier alpha value is -3.83. The summed E-state index contributed by atoms with van der Waals surface area (Å²) in [6.07, 6.45) is 1.01. The maximum atomic E-state index is 13.4. The van der Waals surface area contributed by atoms with Crippen molar-refractivity contribution < 1.29 is 14.4 Å². The van der Waals surface area contributed by atoms with Crippen LogP contribution in [0, 0.1) is 16.7 Å². The van der Waals surface area contributed by atoms with Crippen LogP contribution in [0.25, 0.3) is 0 Å². The number of rotatable bonds is 7. The summed E-state index contributed by atoms with van der Waals surface area (Å²) < 4.78 is 0. The van der Waals surface area contributed by atoms with Gasteiger partial charge in [0.2, 0.25) is 5.91 Å². The van der Waals surface area contributed by atoms with Crippen LogP contribution in [0.15, 0.2) is 94.7 Å². The third-order valence-electron chi connectivity index (χ3n) is 7.21. The van der Waals surface area contributed by atoms with Crippen molar-refractivity contribution in [3.8, 4) is 6.07 Å². The van der Waals surface area contributed by atoms with Gasteiger partial charge in [0.1, 0.15) is 0 Å². The Kier molecular flexibility index (Phi) is 8.60. The molecule has 1 atom stereocenters. The van der Waals surface area contributed by atoms with E-state index in [2.05, 4.69) is 16.7 Å². The van der Waals surface area contributed by atoms with Gasteiger partial charge in [-0.25, -0.2) is 0 Å². The van der Waals surface area contributed by atoms with Gasteiger partial charge in [-0.3, -0.25) is 14.4 Å². The lowest BCUT2D eigenvalue weighted by Gasteiger charge is -2.39. The molecule has 1 heterocycles.